The molecule has 5 heteroatoms. The van der Waals surface area contributed by atoms with Crippen LogP contribution in [-0.2, 0) is 4.79 Å². The Morgan fingerprint density at radius 1 is 1.57 bits per heavy atom. The minimum Gasteiger partial charge on any atom is -0.481 e. The molecule has 1 saturated heterocycles. The Morgan fingerprint density at radius 2 is 2.14 bits per heavy atom. The van der Waals surface area contributed by atoms with Crippen molar-refractivity contribution in [2.24, 2.45) is 5.41 Å². The summed E-state index contributed by atoms with van der Waals surface area (Å²) in [5, 5.41) is 8.94. The van der Waals surface area contributed by atoms with Gasteiger partial charge in [0.25, 0.3) is 6.08 Å². The zero-order valence-corrected chi connectivity index (χ0v) is 8.18. The van der Waals surface area contributed by atoms with E-state index in [1.54, 1.807) is 11.9 Å². The van der Waals surface area contributed by atoms with E-state index in [0.717, 1.165) is 0 Å². The van der Waals surface area contributed by atoms with Crippen molar-refractivity contribution in [1.82, 2.24) is 4.90 Å². The van der Waals surface area contributed by atoms with Gasteiger partial charge in [0, 0.05) is 18.7 Å². The fraction of sp³-hybridized carbons (Fsp3) is 0.667. The van der Waals surface area contributed by atoms with Crippen LogP contribution in [0, 0.1) is 5.41 Å². The molecule has 0 radical (unpaired) electrons. The lowest BCUT2D eigenvalue weighted by atomic mass is 9.78. The first kappa shape index (κ1) is 11.1. The lowest BCUT2D eigenvalue weighted by Crippen LogP contribution is -2.46. The molecule has 0 aromatic rings. The predicted octanol–water partition coefficient (Wildman–Crippen LogP) is 1.56. The summed E-state index contributed by atoms with van der Waals surface area (Å²) in [7, 11) is 1.73. The van der Waals surface area contributed by atoms with Gasteiger partial charge in [-0.05, 0) is 20.4 Å². The number of nitrogens with zero attached hydrogens (tertiary/aromatic N) is 1. The highest BCUT2D eigenvalue weighted by Gasteiger charge is 2.43. The third-order valence-electron chi connectivity index (χ3n) is 2.70. The van der Waals surface area contributed by atoms with E-state index in [9.17, 15) is 13.6 Å². The van der Waals surface area contributed by atoms with E-state index < -0.39 is 17.5 Å². The summed E-state index contributed by atoms with van der Waals surface area (Å²) in [5.41, 5.74) is -1.67. The summed E-state index contributed by atoms with van der Waals surface area (Å²) in [6, 6.07) is 0. The monoisotopic (exact) mass is 205 g/mol. The van der Waals surface area contributed by atoms with Crippen LogP contribution in [0.3, 0.4) is 0 Å². The van der Waals surface area contributed by atoms with Gasteiger partial charge in [-0.2, -0.15) is 8.78 Å². The second kappa shape index (κ2) is 3.65. The number of piperidine rings is 1. The largest absolute Gasteiger partial charge is 0.481 e. The van der Waals surface area contributed by atoms with Crippen molar-refractivity contribution in [1.29, 1.82) is 0 Å². The molecule has 0 amide bonds. The van der Waals surface area contributed by atoms with E-state index in [2.05, 4.69) is 0 Å². The Morgan fingerprint density at radius 3 is 2.57 bits per heavy atom. The van der Waals surface area contributed by atoms with E-state index in [0.29, 0.717) is 6.54 Å². The van der Waals surface area contributed by atoms with Crippen molar-refractivity contribution in [2.75, 3.05) is 20.1 Å². The van der Waals surface area contributed by atoms with Crippen LogP contribution in [0.25, 0.3) is 0 Å². The SMILES string of the molecule is CN1CCC(=C(F)F)[C@](C)(C(=O)O)C1. The molecule has 0 aliphatic carbocycles. The summed E-state index contributed by atoms with van der Waals surface area (Å²) in [6.07, 6.45) is -1.72. The minimum absolute atomic E-state index is 0.127. The zero-order valence-electron chi connectivity index (χ0n) is 8.18. The molecule has 1 fully saturated rings. The van der Waals surface area contributed by atoms with Crippen LogP contribution < -0.4 is 0 Å². The number of carboxylic acid groups (broad SMARTS) is 1. The summed E-state index contributed by atoms with van der Waals surface area (Å²) in [6.45, 7) is 1.96. The van der Waals surface area contributed by atoms with Crippen molar-refractivity contribution in [3.05, 3.63) is 11.7 Å². The number of halogens is 2. The van der Waals surface area contributed by atoms with Crippen LogP contribution in [-0.4, -0.2) is 36.1 Å². The van der Waals surface area contributed by atoms with E-state index in [1.165, 1.54) is 6.92 Å². The minimum atomic E-state index is -1.84. The molecule has 0 aromatic heterocycles. The third kappa shape index (κ3) is 1.77. The predicted molar refractivity (Wildman–Crippen MR) is 47.1 cm³/mol. The molecule has 0 bridgehead atoms. The van der Waals surface area contributed by atoms with Gasteiger partial charge in [-0.3, -0.25) is 4.79 Å². The number of carbonyl (C=O) groups is 1. The van der Waals surface area contributed by atoms with E-state index in [4.69, 9.17) is 5.11 Å². The summed E-state index contributed by atoms with van der Waals surface area (Å²) < 4.78 is 25.0. The lowest BCUT2D eigenvalue weighted by Gasteiger charge is -2.37. The fourth-order valence-electron chi connectivity index (χ4n) is 1.79. The van der Waals surface area contributed by atoms with Gasteiger partial charge >= 0.3 is 5.97 Å². The first-order chi connectivity index (χ1) is 6.38. The number of carboxylic acids is 1. The average molecular weight is 205 g/mol. The fourth-order valence-corrected chi connectivity index (χ4v) is 1.79. The van der Waals surface area contributed by atoms with Crippen molar-refractivity contribution < 1.29 is 18.7 Å². The van der Waals surface area contributed by atoms with Crippen molar-refractivity contribution in [2.45, 2.75) is 13.3 Å². The van der Waals surface area contributed by atoms with E-state index in [-0.39, 0.29) is 18.5 Å². The van der Waals surface area contributed by atoms with Crippen LogP contribution in [0.2, 0.25) is 0 Å². The smallest absolute Gasteiger partial charge is 0.315 e. The Hall–Kier alpha value is -0.970. The van der Waals surface area contributed by atoms with Gasteiger partial charge < -0.3 is 10.0 Å². The Bertz CT molecular complexity index is 287. The molecule has 1 aliphatic heterocycles. The molecule has 3 nitrogen and oxygen atoms in total. The number of aliphatic carboxylic acids is 1. The molecule has 0 aromatic carbocycles. The van der Waals surface area contributed by atoms with Gasteiger partial charge in [0.05, 0.1) is 0 Å². The van der Waals surface area contributed by atoms with Gasteiger partial charge in [-0.15, -0.1) is 0 Å². The van der Waals surface area contributed by atoms with Gasteiger partial charge in [-0.25, -0.2) is 0 Å². The van der Waals surface area contributed by atoms with E-state index in [1.807, 2.05) is 0 Å². The number of rotatable bonds is 1. The van der Waals surface area contributed by atoms with E-state index >= 15 is 0 Å². The number of hydrogen-bond acceptors (Lipinski definition) is 2. The molecular formula is C9H13F2NO2. The van der Waals surface area contributed by atoms with Crippen molar-refractivity contribution in [3.8, 4) is 0 Å². The normalized spacial score (nSPS) is 29.0. The maximum atomic E-state index is 12.5. The molecule has 80 valence electrons. The third-order valence-corrected chi connectivity index (χ3v) is 2.70. The Labute approximate surface area is 81.0 Å². The first-order valence-corrected chi connectivity index (χ1v) is 4.34. The van der Waals surface area contributed by atoms with Gasteiger partial charge in [0.1, 0.15) is 5.41 Å². The second-order valence-electron chi connectivity index (χ2n) is 3.86. The summed E-state index contributed by atoms with van der Waals surface area (Å²) in [5.74, 6) is -1.19. The molecule has 1 N–H and O–H groups in total. The van der Waals surface area contributed by atoms with Crippen molar-refractivity contribution in [3.63, 3.8) is 0 Å². The quantitative estimate of drug-likeness (QED) is 0.706. The van der Waals surface area contributed by atoms with Gasteiger partial charge in [-0.1, -0.05) is 0 Å². The molecule has 14 heavy (non-hydrogen) atoms. The van der Waals surface area contributed by atoms with Gasteiger partial charge in [0.2, 0.25) is 0 Å². The molecule has 0 unspecified atom stereocenters. The Balaban J connectivity index is 3.08. The van der Waals surface area contributed by atoms with Crippen LogP contribution in [0.4, 0.5) is 8.78 Å². The van der Waals surface area contributed by atoms with Crippen LogP contribution >= 0.6 is 0 Å². The zero-order chi connectivity index (χ0) is 10.9. The summed E-state index contributed by atoms with van der Waals surface area (Å²) >= 11 is 0. The number of hydrogen-bond donors (Lipinski definition) is 1. The summed E-state index contributed by atoms with van der Waals surface area (Å²) in [4.78, 5) is 12.7. The highest BCUT2D eigenvalue weighted by atomic mass is 19.3. The molecule has 1 rings (SSSR count). The highest BCUT2D eigenvalue weighted by molar-refractivity contribution is 5.78. The Kier molecular flexibility index (Phi) is 2.89. The molecule has 1 aliphatic rings. The van der Waals surface area contributed by atoms with Gasteiger partial charge in [0.15, 0.2) is 0 Å². The van der Waals surface area contributed by atoms with Crippen molar-refractivity contribution >= 4 is 5.97 Å². The standard InChI is InChI=1S/C9H13F2NO2/c1-9(8(13)14)5-12(2)4-3-6(9)7(10)11/h3-5H2,1-2H3,(H,13,14)/t9-/m1/s1. The molecular weight excluding hydrogens is 192 g/mol. The van der Waals surface area contributed by atoms with Crippen LogP contribution in [0.1, 0.15) is 13.3 Å². The average Bonchev–Trinajstić information content (AvgIpc) is 2.02. The molecule has 1 heterocycles. The second-order valence-corrected chi connectivity index (χ2v) is 3.86. The van der Waals surface area contributed by atoms with Crippen LogP contribution in [0.15, 0.2) is 11.7 Å². The molecule has 1 atom stereocenters. The topological polar surface area (TPSA) is 40.5 Å². The lowest BCUT2D eigenvalue weighted by molar-refractivity contribution is -0.147. The number of likely N-dealkylation sites (tertiary alicyclic amines) is 1. The molecule has 0 spiro atoms. The first-order valence-electron chi connectivity index (χ1n) is 4.34. The van der Waals surface area contributed by atoms with Crippen LogP contribution in [0.5, 0.6) is 0 Å². The maximum Gasteiger partial charge on any atom is 0.315 e. The highest BCUT2D eigenvalue weighted by Crippen LogP contribution is 2.37. The maximum absolute atomic E-state index is 12.5. The molecule has 0 saturated carbocycles.